The van der Waals surface area contributed by atoms with Crippen LogP contribution in [0.1, 0.15) is 50.1 Å². The third kappa shape index (κ3) is 12.6. The summed E-state index contributed by atoms with van der Waals surface area (Å²) in [5.41, 5.74) is 22.2. The zero-order valence-electron chi connectivity index (χ0n) is 48.1. The number of anilines is 2. The van der Waals surface area contributed by atoms with Gasteiger partial charge in [0.05, 0.1) is 68.5 Å². The molecule has 440 valence electrons. The lowest BCUT2D eigenvalue weighted by Crippen LogP contribution is -2.21. The van der Waals surface area contributed by atoms with E-state index in [4.69, 9.17) is 26.8 Å². The van der Waals surface area contributed by atoms with Crippen molar-refractivity contribution in [2.24, 2.45) is 5.73 Å². The van der Waals surface area contributed by atoms with Crippen LogP contribution in [0.4, 0.5) is 24.8 Å². The monoisotopic (exact) mass is 1190 g/mol. The topological polar surface area (TPSA) is 218 Å². The largest absolute Gasteiger partial charge is 0.508 e. The highest BCUT2D eigenvalue weighted by atomic mass is 35.5. The molecule has 15 rings (SSSR count). The predicted octanol–water partition coefficient (Wildman–Crippen LogP) is 11.4. The summed E-state index contributed by atoms with van der Waals surface area (Å²) in [6.07, 6.45) is 19.0. The fourth-order valence-corrected chi connectivity index (χ4v) is 11.4. The van der Waals surface area contributed by atoms with E-state index in [1.54, 1.807) is 72.6 Å². The van der Waals surface area contributed by atoms with Crippen molar-refractivity contribution >= 4 is 40.2 Å². The molecule has 0 amide bonds. The lowest BCUT2D eigenvalue weighted by Gasteiger charge is -2.16. The van der Waals surface area contributed by atoms with E-state index in [2.05, 4.69) is 80.1 Å². The molecule has 0 fully saturated rings. The molecular formula is C65H59ClF3N15O3. The highest BCUT2D eigenvalue weighted by molar-refractivity contribution is 6.30. The Kier molecular flexibility index (Phi) is 16.2. The van der Waals surface area contributed by atoms with Crippen LogP contribution in [0, 0.1) is 38.2 Å². The van der Waals surface area contributed by atoms with Crippen molar-refractivity contribution in [2.45, 2.75) is 77.4 Å². The minimum Gasteiger partial charge on any atom is -0.508 e. The molecule has 9 heterocycles. The van der Waals surface area contributed by atoms with Crippen LogP contribution in [0.3, 0.4) is 0 Å². The van der Waals surface area contributed by atoms with E-state index in [1.807, 2.05) is 57.2 Å². The first kappa shape index (κ1) is 57.4. The Morgan fingerprint density at radius 3 is 1.31 bits per heavy atom. The zero-order chi connectivity index (χ0) is 60.5. The molecule has 3 atom stereocenters. The maximum absolute atomic E-state index is 13.7. The first-order valence-electron chi connectivity index (χ1n) is 28.1. The second-order valence-corrected chi connectivity index (χ2v) is 22.2. The Bertz CT molecular complexity index is 4540. The van der Waals surface area contributed by atoms with Crippen molar-refractivity contribution in [3.05, 3.63) is 219 Å². The molecular weight excluding hydrogens is 1130 g/mol. The van der Waals surface area contributed by atoms with E-state index in [-0.39, 0.29) is 23.7 Å². The number of rotatable bonds is 9. The summed E-state index contributed by atoms with van der Waals surface area (Å²) in [6.45, 7) is 5.80. The number of halogens is 4. The molecule has 3 aliphatic rings. The van der Waals surface area contributed by atoms with Gasteiger partial charge < -0.3 is 30.9 Å². The van der Waals surface area contributed by atoms with Gasteiger partial charge in [0, 0.05) is 88.3 Å². The quantitative estimate of drug-likeness (QED) is 0.0988. The number of nitrogens with zero attached hydrogens (tertiary/aromatic N) is 12. The second kappa shape index (κ2) is 24.5. The summed E-state index contributed by atoms with van der Waals surface area (Å²) in [6, 6.07) is 28.3. The fraction of sp³-hybridized carbons (Fsp3) is 0.215. The average Bonchev–Trinajstić information content (AvgIpc) is 3.42. The van der Waals surface area contributed by atoms with Crippen LogP contribution < -0.4 is 25.8 Å². The molecule has 18 nitrogen and oxygen atoms in total. The summed E-state index contributed by atoms with van der Waals surface area (Å²) in [5.74, 6) is 2.52. The number of phenols is 1. The van der Waals surface area contributed by atoms with Crippen LogP contribution in [0.15, 0.2) is 147 Å². The molecule has 0 aliphatic heterocycles. The number of phenolic OH excluding ortho intramolecular Hbond substituents is 1. The molecule has 3 aromatic carbocycles. The summed E-state index contributed by atoms with van der Waals surface area (Å²) < 4.78 is 56.1. The fourth-order valence-electron chi connectivity index (χ4n) is 11.2. The van der Waals surface area contributed by atoms with Gasteiger partial charge >= 0.3 is 0 Å². The van der Waals surface area contributed by atoms with Gasteiger partial charge in [-0.15, -0.1) is 0 Å². The molecule has 0 bridgehead atoms. The van der Waals surface area contributed by atoms with E-state index in [1.165, 1.54) is 62.9 Å². The first-order chi connectivity index (χ1) is 42.1. The SMILES string of the molecule is COc1ccc2c(c1)C[C@@H](N)C2.COc1ccc2c(c1)C[C@@H](Nc1cc(-c3cncc(F)c3)nc3c(C)cnn13)C2.Cc1cnn2c(Cl)cc(-c3cncc(F)c3)nc12.Cc1cnn2c(N[C@H]3Cc4ccc(O)cc4C3)cc(-c3cncc(F)c3)nc12. The molecule has 9 aromatic heterocycles. The molecule has 0 saturated heterocycles. The van der Waals surface area contributed by atoms with Gasteiger partial charge in [0.2, 0.25) is 0 Å². The number of aromatic nitrogens is 12. The molecule has 12 aromatic rings. The van der Waals surface area contributed by atoms with Crippen molar-refractivity contribution in [2.75, 3.05) is 24.9 Å². The highest BCUT2D eigenvalue weighted by Crippen LogP contribution is 2.33. The molecule has 87 heavy (non-hydrogen) atoms. The first-order valence-corrected chi connectivity index (χ1v) is 28.4. The molecule has 0 saturated carbocycles. The van der Waals surface area contributed by atoms with Crippen molar-refractivity contribution in [1.29, 1.82) is 0 Å². The van der Waals surface area contributed by atoms with Crippen LogP contribution in [0.5, 0.6) is 17.2 Å². The third-order valence-corrected chi connectivity index (χ3v) is 15.7. The van der Waals surface area contributed by atoms with E-state index in [0.717, 1.165) is 101 Å². The predicted molar refractivity (Wildman–Crippen MR) is 327 cm³/mol. The van der Waals surface area contributed by atoms with Gasteiger partial charge in [0.15, 0.2) is 16.9 Å². The minimum atomic E-state index is -0.407. The van der Waals surface area contributed by atoms with E-state index >= 15 is 0 Å². The van der Waals surface area contributed by atoms with Gasteiger partial charge in [0.25, 0.3) is 0 Å². The normalized spacial score (nSPS) is 15.4. The van der Waals surface area contributed by atoms with Crippen LogP contribution >= 0.6 is 11.6 Å². The van der Waals surface area contributed by atoms with Gasteiger partial charge in [-0.3, -0.25) is 15.0 Å². The van der Waals surface area contributed by atoms with Gasteiger partial charge in [-0.1, -0.05) is 29.8 Å². The summed E-state index contributed by atoms with van der Waals surface area (Å²) in [4.78, 5) is 25.4. The summed E-state index contributed by atoms with van der Waals surface area (Å²) in [5, 5.41) is 30.3. The number of aromatic hydroxyl groups is 1. The Morgan fingerprint density at radius 1 is 0.471 bits per heavy atom. The van der Waals surface area contributed by atoms with E-state index < -0.39 is 11.6 Å². The number of pyridine rings is 3. The molecule has 0 spiro atoms. The van der Waals surface area contributed by atoms with Crippen molar-refractivity contribution < 1.29 is 27.8 Å². The smallest absolute Gasteiger partial charge is 0.160 e. The van der Waals surface area contributed by atoms with E-state index in [0.29, 0.717) is 50.6 Å². The van der Waals surface area contributed by atoms with Crippen LogP contribution in [-0.4, -0.2) is 96.2 Å². The standard InChI is InChI=1S/C22H20FN5O.C21H18FN5O.C12H8ClFN4.C10H13NO/c1-13-10-25-28-21(9-20(27-22(13)28)16-5-17(23)12-24-11-16)26-18-6-14-3-4-19(29-2)8-15(14)7-18;1-12-9-24-27-20(25-17-5-13-2-3-18(28)7-14(13)6-17)8-19(26-21(12)27)15-4-16(22)11-23-10-15;1-7-4-16-18-11(13)3-10(17-12(7)18)8-2-9(14)6-15-5-8;1-12-10-3-2-7-4-9(11)5-8(7)6-10/h3-5,8-12,18,26H,6-7H2,1-2H3;2-4,7-11,17,25,28H,5-6H2,1H3;2-6H,1H3;2-3,6,9H,4-5,11H2,1H3/t18-;17-;;9-/m00.0/s1. The molecule has 3 aliphatic carbocycles. The number of hydrogen-bond acceptors (Lipinski definition) is 15. The molecule has 22 heteroatoms. The Hall–Kier alpha value is -9.99. The Labute approximate surface area is 502 Å². The molecule has 0 unspecified atom stereocenters. The van der Waals surface area contributed by atoms with Crippen LogP contribution in [-0.2, 0) is 38.5 Å². The van der Waals surface area contributed by atoms with Crippen LogP contribution in [0.2, 0.25) is 5.15 Å². The van der Waals surface area contributed by atoms with Crippen molar-refractivity contribution in [3.63, 3.8) is 0 Å². The number of ether oxygens (including phenoxy) is 2. The minimum absolute atomic E-state index is 0.172. The number of nitrogens with one attached hydrogen (secondary N) is 2. The Balaban J connectivity index is 0.000000119. The van der Waals surface area contributed by atoms with Crippen molar-refractivity contribution in [3.8, 4) is 51.0 Å². The lowest BCUT2D eigenvalue weighted by molar-refractivity contribution is 0.414. The van der Waals surface area contributed by atoms with Crippen LogP contribution in [0.25, 0.3) is 50.7 Å². The number of hydrogen-bond donors (Lipinski definition) is 4. The zero-order valence-corrected chi connectivity index (χ0v) is 48.8. The maximum Gasteiger partial charge on any atom is 0.160 e. The number of fused-ring (bicyclic) bond motifs is 6. The summed E-state index contributed by atoms with van der Waals surface area (Å²) >= 11 is 6.11. The van der Waals surface area contributed by atoms with E-state index in [9.17, 15) is 18.3 Å². The van der Waals surface area contributed by atoms with Crippen molar-refractivity contribution in [1.82, 2.24) is 58.7 Å². The highest BCUT2D eigenvalue weighted by Gasteiger charge is 2.26. The number of benzene rings is 3. The second-order valence-electron chi connectivity index (χ2n) is 21.8. The molecule has 0 radical (unpaired) electrons. The number of aryl methyl sites for hydroxylation is 3. The number of methoxy groups -OCH3 is 2. The van der Waals surface area contributed by atoms with Gasteiger partial charge in [-0.25, -0.2) is 32.6 Å². The summed E-state index contributed by atoms with van der Waals surface area (Å²) in [7, 11) is 3.37. The average molecular weight is 1190 g/mol. The Morgan fingerprint density at radius 2 is 0.851 bits per heavy atom. The lowest BCUT2D eigenvalue weighted by atomic mass is 10.1. The third-order valence-electron chi connectivity index (χ3n) is 15.5. The van der Waals surface area contributed by atoms with Gasteiger partial charge in [-0.05, 0) is 147 Å². The maximum atomic E-state index is 13.7. The number of nitrogens with two attached hydrogens (primary N) is 1. The van der Waals surface area contributed by atoms with Gasteiger partial charge in [-0.2, -0.15) is 24.3 Å². The molecule has 5 N–H and O–H groups in total. The van der Waals surface area contributed by atoms with Gasteiger partial charge in [0.1, 0.15) is 51.5 Å².